The number of nitrogens with zero attached hydrogens (tertiary/aromatic N) is 2. The maximum atomic E-state index is 8.74. The number of benzene rings is 2. The van der Waals surface area contributed by atoms with Crippen LogP contribution in [0.2, 0.25) is 0 Å². The van der Waals surface area contributed by atoms with Gasteiger partial charge in [0.1, 0.15) is 11.3 Å². The van der Waals surface area contributed by atoms with Crippen LogP contribution >= 0.6 is 0 Å². The van der Waals surface area contributed by atoms with Crippen LogP contribution in [-0.2, 0) is 10.4 Å². The molecule has 110 valence electrons. The lowest BCUT2D eigenvalue weighted by atomic mass is 10.2. The fourth-order valence-corrected chi connectivity index (χ4v) is 1.78. The number of fused-ring (bicyclic) bond motifs is 2. The lowest BCUT2D eigenvalue weighted by Crippen LogP contribution is -1.91. The van der Waals surface area contributed by atoms with E-state index >= 15 is 0 Å². The monoisotopic (exact) mass is 308 g/mol. The molecule has 0 saturated heterocycles. The molecule has 8 heteroatoms. The topological polar surface area (TPSA) is 110 Å². The Bertz CT molecular complexity index is 872. The highest BCUT2D eigenvalue weighted by Gasteiger charge is 2.05. The molecule has 2 N–H and O–H groups in total. The molecule has 0 bridgehead atoms. The SMILES string of the molecule is COc1cccc2nc3ccccc3nc12.O=S(=O)(O)O. The quantitative estimate of drug-likeness (QED) is 0.523. The van der Waals surface area contributed by atoms with Crippen LogP contribution in [0.4, 0.5) is 0 Å². The summed E-state index contributed by atoms with van der Waals surface area (Å²) in [5.41, 5.74) is 3.46. The van der Waals surface area contributed by atoms with Gasteiger partial charge in [-0.15, -0.1) is 0 Å². The molecule has 0 aliphatic rings. The second-order valence-electron chi connectivity index (χ2n) is 3.99. The van der Waals surface area contributed by atoms with Crippen molar-refractivity contribution in [1.82, 2.24) is 9.97 Å². The lowest BCUT2D eigenvalue weighted by molar-refractivity contribution is 0.381. The molecule has 7 nitrogen and oxygen atoms in total. The Labute approximate surface area is 120 Å². The molecule has 0 fully saturated rings. The molecule has 3 rings (SSSR count). The van der Waals surface area contributed by atoms with Gasteiger partial charge < -0.3 is 4.74 Å². The van der Waals surface area contributed by atoms with Crippen molar-refractivity contribution in [1.29, 1.82) is 0 Å². The van der Waals surface area contributed by atoms with Crippen molar-refractivity contribution >= 4 is 32.5 Å². The Kier molecular flexibility index (Phi) is 4.32. The Balaban J connectivity index is 0.000000282. The van der Waals surface area contributed by atoms with Crippen molar-refractivity contribution in [2.45, 2.75) is 0 Å². The number of ether oxygens (including phenoxy) is 1. The number of hydrogen-bond acceptors (Lipinski definition) is 5. The van der Waals surface area contributed by atoms with Crippen LogP contribution in [-0.4, -0.2) is 34.6 Å². The second-order valence-corrected chi connectivity index (χ2v) is 4.88. The summed E-state index contributed by atoms with van der Waals surface area (Å²) >= 11 is 0. The van der Waals surface area contributed by atoms with Gasteiger partial charge in [-0.3, -0.25) is 9.11 Å². The van der Waals surface area contributed by atoms with Gasteiger partial charge in [-0.2, -0.15) is 8.42 Å². The minimum Gasteiger partial charge on any atom is -0.494 e. The van der Waals surface area contributed by atoms with Crippen molar-refractivity contribution in [2.24, 2.45) is 0 Å². The predicted molar refractivity (Wildman–Crippen MR) is 77.8 cm³/mol. The van der Waals surface area contributed by atoms with Gasteiger partial charge in [0, 0.05) is 0 Å². The van der Waals surface area contributed by atoms with E-state index in [4.69, 9.17) is 22.3 Å². The molecule has 0 aliphatic heterocycles. The van der Waals surface area contributed by atoms with E-state index in [1.165, 1.54) is 0 Å². The molecule has 1 heterocycles. The molecule has 21 heavy (non-hydrogen) atoms. The normalized spacial score (nSPS) is 11.0. The van der Waals surface area contributed by atoms with Gasteiger partial charge >= 0.3 is 10.4 Å². The zero-order valence-corrected chi connectivity index (χ0v) is 11.8. The molecule has 0 unspecified atom stereocenters. The van der Waals surface area contributed by atoms with Crippen LogP contribution in [0.3, 0.4) is 0 Å². The molecular weight excluding hydrogens is 296 g/mol. The van der Waals surface area contributed by atoms with Gasteiger partial charge in [-0.05, 0) is 24.3 Å². The largest absolute Gasteiger partial charge is 0.494 e. The van der Waals surface area contributed by atoms with Crippen molar-refractivity contribution in [3.05, 3.63) is 42.5 Å². The highest BCUT2D eigenvalue weighted by Crippen LogP contribution is 2.24. The first-order valence-corrected chi connectivity index (χ1v) is 7.17. The summed E-state index contributed by atoms with van der Waals surface area (Å²) in [4.78, 5) is 9.10. The summed E-state index contributed by atoms with van der Waals surface area (Å²) in [7, 11) is -3.02. The predicted octanol–water partition coefficient (Wildman–Crippen LogP) is 2.14. The highest BCUT2D eigenvalue weighted by atomic mass is 32.3. The number of aromatic nitrogens is 2. The summed E-state index contributed by atoms with van der Waals surface area (Å²) in [5.74, 6) is 0.760. The maximum Gasteiger partial charge on any atom is 0.394 e. The van der Waals surface area contributed by atoms with Crippen LogP contribution in [0, 0.1) is 0 Å². The molecule has 1 aromatic heterocycles. The molecular formula is C13H12N2O5S. The molecule has 0 atom stereocenters. The van der Waals surface area contributed by atoms with E-state index in [0.29, 0.717) is 0 Å². The summed E-state index contributed by atoms with van der Waals surface area (Å²) in [6.07, 6.45) is 0. The number of methoxy groups -OCH3 is 1. The number of para-hydroxylation sites is 3. The van der Waals surface area contributed by atoms with Crippen molar-refractivity contribution in [2.75, 3.05) is 7.11 Å². The van der Waals surface area contributed by atoms with Crippen LogP contribution in [0.5, 0.6) is 5.75 Å². The fourth-order valence-electron chi connectivity index (χ4n) is 1.78. The molecule has 0 aliphatic carbocycles. The zero-order valence-electron chi connectivity index (χ0n) is 11.0. The van der Waals surface area contributed by atoms with Gasteiger partial charge in [0.25, 0.3) is 0 Å². The van der Waals surface area contributed by atoms with E-state index in [2.05, 4.69) is 9.97 Å². The third-order valence-electron chi connectivity index (χ3n) is 2.55. The summed E-state index contributed by atoms with van der Waals surface area (Å²) in [6.45, 7) is 0. The van der Waals surface area contributed by atoms with Crippen LogP contribution < -0.4 is 4.74 Å². The molecule has 2 aromatic carbocycles. The summed E-state index contributed by atoms with van der Waals surface area (Å²) in [6, 6.07) is 13.6. The Hall–Kier alpha value is -2.29. The zero-order chi connectivity index (χ0) is 15.5. The van der Waals surface area contributed by atoms with E-state index in [9.17, 15) is 0 Å². The van der Waals surface area contributed by atoms with Crippen LogP contribution in [0.1, 0.15) is 0 Å². The standard InChI is InChI=1S/C13H10N2O.H2O4S/c1-16-12-8-4-7-11-13(12)15-10-6-3-2-5-9(10)14-11;1-5(2,3)4/h2-8H,1H3;(H2,1,2,3,4). The molecule has 0 spiro atoms. The molecule has 3 aromatic rings. The van der Waals surface area contributed by atoms with Gasteiger partial charge in [-0.1, -0.05) is 18.2 Å². The highest BCUT2D eigenvalue weighted by molar-refractivity contribution is 7.79. The average Bonchev–Trinajstić information content (AvgIpc) is 2.42. The maximum absolute atomic E-state index is 8.74. The van der Waals surface area contributed by atoms with Gasteiger partial charge in [0.15, 0.2) is 0 Å². The first-order valence-electron chi connectivity index (χ1n) is 5.78. The summed E-state index contributed by atoms with van der Waals surface area (Å²) in [5, 5.41) is 0. The van der Waals surface area contributed by atoms with E-state index in [-0.39, 0.29) is 0 Å². The van der Waals surface area contributed by atoms with Crippen molar-refractivity contribution in [3.8, 4) is 5.75 Å². The minimum absolute atomic E-state index is 0.760. The Morgan fingerprint density at radius 3 is 2.00 bits per heavy atom. The van der Waals surface area contributed by atoms with Gasteiger partial charge in [0.05, 0.1) is 23.7 Å². The van der Waals surface area contributed by atoms with Gasteiger partial charge in [0.2, 0.25) is 0 Å². The first kappa shape index (κ1) is 15.1. The minimum atomic E-state index is -4.67. The second kappa shape index (κ2) is 6.00. The van der Waals surface area contributed by atoms with E-state index in [1.807, 2.05) is 42.5 Å². The van der Waals surface area contributed by atoms with E-state index in [0.717, 1.165) is 27.8 Å². The molecule has 0 saturated carbocycles. The van der Waals surface area contributed by atoms with Crippen molar-refractivity contribution < 1.29 is 22.3 Å². The van der Waals surface area contributed by atoms with Crippen molar-refractivity contribution in [3.63, 3.8) is 0 Å². The van der Waals surface area contributed by atoms with E-state index in [1.54, 1.807) is 7.11 Å². The molecule has 0 amide bonds. The fraction of sp³-hybridized carbons (Fsp3) is 0.0769. The smallest absolute Gasteiger partial charge is 0.394 e. The Morgan fingerprint density at radius 1 is 0.905 bits per heavy atom. The lowest BCUT2D eigenvalue weighted by Gasteiger charge is -2.04. The summed E-state index contributed by atoms with van der Waals surface area (Å²) < 4.78 is 36.9. The average molecular weight is 308 g/mol. The molecule has 0 radical (unpaired) electrons. The van der Waals surface area contributed by atoms with Crippen LogP contribution in [0.25, 0.3) is 22.1 Å². The Morgan fingerprint density at radius 2 is 1.43 bits per heavy atom. The third kappa shape index (κ3) is 4.09. The number of rotatable bonds is 1. The van der Waals surface area contributed by atoms with Gasteiger partial charge in [-0.25, -0.2) is 9.97 Å². The first-order chi connectivity index (χ1) is 9.88. The third-order valence-corrected chi connectivity index (χ3v) is 2.55. The van der Waals surface area contributed by atoms with Crippen LogP contribution in [0.15, 0.2) is 42.5 Å². The number of hydrogen-bond donors (Lipinski definition) is 2. The van der Waals surface area contributed by atoms with E-state index < -0.39 is 10.4 Å².